The third-order valence-electron chi connectivity index (χ3n) is 7.30. The van der Waals surface area contributed by atoms with Crippen LogP contribution in [0.4, 0.5) is 0 Å². The van der Waals surface area contributed by atoms with E-state index in [1.807, 2.05) is 12.1 Å². The van der Waals surface area contributed by atoms with Crippen molar-refractivity contribution in [2.24, 2.45) is 23.7 Å². The first-order valence-electron chi connectivity index (χ1n) is 11.9. The minimum absolute atomic E-state index is 0.107. The molecule has 1 aliphatic carbocycles. The molecule has 0 amide bonds. The molecular weight excluding hydrogens is 386 g/mol. The molecule has 1 aliphatic heterocycles. The quantitative estimate of drug-likeness (QED) is 0.670. The Morgan fingerprint density at radius 2 is 1.81 bits per heavy atom. The van der Waals surface area contributed by atoms with Crippen LogP contribution in [0.5, 0.6) is 0 Å². The number of nitrogens with zero attached hydrogens (tertiary/aromatic N) is 3. The second-order valence-electron chi connectivity index (χ2n) is 10.0. The fourth-order valence-corrected chi connectivity index (χ4v) is 5.25. The summed E-state index contributed by atoms with van der Waals surface area (Å²) in [5, 5.41) is 18.5. The van der Waals surface area contributed by atoms with E-state index in [4.69, 9.17) is 4.42 Å². The van der Waals surface area contributed by atoms with Crippen LogP contribution in [-0.4, -0.2) is 45.9 Å². The fourth-order valence-electron chi connectivity index (χ4n) is 5.25. The third kappa shape index (κ3) is 5.45. The number of likely N-dealkylation sites (tertiary alicyclic amines) is 1. The van der Waals surface area contributed by atoms with Gasteiger partial charge in [0.15, 0.2) is 0 Å². The molecule has 1 aromatic carbocycles. The normalized spacial score (nSPS) is 25.7. The summed E-state index contributed by atoms with van der Waals surface area (Å²) in [4.78, 5) is 2.54. The number of piperidine rings is 1. The van der Waals surface area contributed by atoms with Crippen molar-refractivity contribution in [3.05, 3.63) is 47.4 Å². The van der Waals surface area contributed by atoms with Gasteiger partial charge in [0.2, 0.25) is 11.8 Å². The standard InChI is InChI=1S/C26H37N3O2/c1-17(2)24-14-21(19(4)13-22(24)16-29-11-9-23(30)10-12-29)15-25-27-28-26(31-25)20-7-5-18(3)6-8-20/h5-8,13,17,21-24,30H,9-12,14-16H2,1-4H3/t21-,22+,24+/m1/s1. The minimum Gasteiger partial charge on any atom is -0.421 e. The summed E-state index contributed by atoms with van der Waals surface area (Å²) in [6.07, 6.45) is 6.21. The van der Waals surface area contributed by atoms with Crippen molar-refractivity contribution in [2.45, 2.75) is 59.5 Å². The second-order valence-corrected chi connectivity index (χ2v) is 10.0. The van der Waals surface area contributed by atoms with Gasteiger partial charge in [0.1, 0.15) is 0 Å². The summed E-state index contributed by atoms with van der Waals surface area (Å²) in [5.74, 6) is 3.67. The highest BCUT2D eigenvalue weighted by Gasteiger charge is 2.34. The Morgan fingerprint density at radius 3 is 2.48 bits per heavy atom. The highest BCUT2D eigenvalue weighted by atomic mass is 16.4. The van der Waals surface area contributed by atoms with Gasteiger partial charge in [0.05, 0.1) is 6.10 Å². The van der Waals surface area contributed by atoms with Crippen LogP contribution in [0.15, 0.2) is 40.3 Å². The lowest BCUT2D eigenvalue weighted by molar-refractivity contribution is 0.0670. The molecule has 5 heteroatoms. The zero-order valence-corrected chi connectivity index (χ0v) is 19.4. The van der Waals surface area contributed by atoms with Gasteiger partial charge in [0, 0.05) is 31.6 Å². The summed E-state index contributed by atoms with van der Waals surface area (Å²) in [6.45, 7) is 12.2. The molecule has 1 saturated heterocycles. The van der Waals surface area contributed by atoms with Gasteiger partial charge in [-0.15, -0.1) is 10.2 Å². The van der Waals surface area contributed by atoms with Crippen LogP contribution in [0.3, 0.4) is 0 Å². The predicted octanol–water partition coefficient (Wildman–Crippen LogP) is 4.90. The molecule has 0 saturated carbocycles. The summed E-state index contributed by atoms with van der Waals surface area (Å²) in [5.41, 5.74) is 3.66. The van der Waals surface area contributed by atoms with Crippen molar-refractivity contribution in [1.29, 1.82) is 0 Å². The van der Waals surface area contributed by atoms with Crippen molar-refractivity contribution < 1.29 is 9.52 Å². The van der Waals surface area contributed by atoms with Crippen molar-refractivity contribution in [3.63, 3.8) is 0 Å². The van der Waals surface area contributed by atoms with Crippen LogP contribution in [-0.2, 0) is 6.42 Å². The van der Waals surface area contributed by atoms with E-state index in [2.05, 4.69) is 61.0 Å². The number of aliphatic hydroxyl groups excluding tert-OH is 1. The molecule has 0 bridgehead atoms. The van der Waals surface area contributed by atoms with E-state index in [0.717, 1.165) is 50.4 Å². The summed E-state index contributed by atoms with van der Waals surface area (Å²) >= 11 is 0. The number of aromatic nitrogens is 2. The Hall–Kier alpha value is -1.98. The largest absolute Gasteiger partial charge is 0.421 e. The van der Waals surface area contributed by atoms with Crippen molar-refractivity contribution >= 4 is 0 Å². The van der Waals surface area contributed by atoms with E-state index in [1.54, 1.807) is 0 Å². The number of benzene rings is 1. The van der Waals surface area contributed by atoms with Crippen molar-refractivity contribution in [1.82, 2.24) is 15.1 Å². The molecule has 0 unspecified atom stereocenters. The van der Waals surface area contributed by atoms with Crippen LogP contribution < -0.4 is 0 Å². The fraction of sp³-hybridized carbons (Fsp3) is 0.615. The number of aliphatic hydroxyl groups is 1. The molecule has 0 radical (unpaired) electrons. The molecular formula is C26H37N3O2. The van der Waals surface area contributed by atoms with Gasteiger partial charge >= 0.3 is 0 Å². The summed E-state index contributed by atoms with van der Waals surface area (Å²) in [6, 6.07) is 8.22. The third-order valence-corrected chi connectivity index (χ3v) is 7.30. The monoisotopic (exact) mass is 423 g/mol. The maximum Gasteiger partial charge on any atom is 0.247 e. The Kier molecular flexibility index (Phi) is 6.92. The lowest BCUT2D eigenvalue weighted by Crippen LogP contribution is -2.42. The highest BCUT2D eigenvalue weighted by Crippen LogP contribution is 2.39. The second kappa shape index (κ2) is 9.66. The Bertz CT molecular complexity index is 878. The number of allylic oxidation sites excluding steroid dienone is 1. The van der Waals surface area contributed by atoms with Crippen LogP contribution in [0, 0.1) is 30.6 Å². The van der Waals surface area contributed by atoms with Gasteiger partial charge in [-0.05, 0) is 68.9 Å². The van der Waals surface area contributed by atoms with E-state index in [9.17, 15) is 5.11 Å². The molecule has 2 aliphatic rings. The molecule has 0 spiro atoms. The lowest BCUT2D eigenvalue weighted by atomic mass is 9.69. The average Bonchev–Trinajstić information content (AvgIpc) is 3.20. The molecule has 3 atom stereocenters. The zero-order chi connectivity index (χ0) is 22.0. The highest BCUT2D eigenvalue weighted by molar-refractivity contribution is 5.52. The number of rotatable bonds is 6. The number of aryl methyl sites for hydroxylation is 1. The van der Waals surface area contributed by atoms with Gasteiger partial charge in [0.25, 0.3) is 0 Å². The van der Waals surface area contributed by atoms with Crippen LogP contribution in [0.25, 0.3) is 11.5 Å². The Labute approximate surface area is 186 Å². The molecule has 1 aromatic heterocycles. The predicted molar refractivity (Wildman–Crippen MR) is 124 cm³/mol. The first-order chi connectivity index (χ1) is 14.9. The summed E-state index contributed by atoms with van der Waals surface area (Å²) in [7, 11) is 0. The lowest BCUT2D eigenvalue weighted by Gasteiger charge is -2.40. The van der Waals surface area contributed by atoms with Crippen LogP contribution >= 0.6 is 0 Å². The van der Waals surface area contributed by atoms with E-state index >= 15 is 0 Å². The molecule has 5 nitrogen and oxygen atoms in total. The Morgan fingerprint density at radius 1 is 1.10 bits per heavy atom. The van der Waals surface area contributed by atoms with Gasteiger partial charge in [-0.2, -0.15) is 0 Å². The number of hydrogen-bond donors (Lipinski definition) is 1. The number of hydrogen-bond acceptors (Lipinski definition) is 5. The molecule has 4 rings (SSSR count). The van der Waals surface area contributed by atoms with Gasteiger partial charge < -0.3 is 14.4 Å². The van der Waals surface area contributed by atoms with Crippen molar-refractivity contribution in [2.75, 3.05) is 19.6 Å². The topological polar surface area (TPSA) is 62.4 Å². The minimum atomic E-state index is -0.107. The van der Waals surface area contributed by atoms with Crippen molar-refractivity contribution in [3.8, 4) is 11.5 Å². The van der Waals surface area contributed by atoms with Gasteiger partial charge in [-0.1, -0.05) is 43.2 Å². The van der Waals surface area contributed by atoms with E-state index in [0.29, 0.717) is 29.6 Å². The van der Waals surface area contributed by atoms with Gasteiger partial charge in [-0.25, -0.2) is 0 Å². The maximum atomic E-state index is 9.82. The molecule has 31 heavy (non-hydrogen) atoms. The smallest absolute Gasteiger partial charge is 0.247 e. The zero-order valence-electron chi connectivity index (χ0n) is 19.4. The maximum absolute atomic E-state index is 9.82. The molecule has 2 heterocycles. The average molecular weight is 424 g/mol. The molecule has 168 valence electrons. The van der Waals surface area contributed by atoms with Crippen LogP contribution in [0.2, 0.25) is 0 Å². The first kappa shape index (κ1) is 22.2. The van der Waals surface area contributed by atoms with E-state index in [1.165, 1.54) is 17.6 Å². The molecule has 1 N–H and O–H groups in total. The van der Waals surface area contributed by atoms with E-state index < -0.39 is 0 Å². The van der Waals surface area contributed by atoms with Crippen LogP contribution in [0.1, 0.15) is 51.5 Å². The van der Waals surface area contributed by atoms with Gasteiger partial charge in [-0.3, -0.25) is 0 Å². The molecule has 2 aromatic rings. The SMILES string of the molecule is CC1=C[C@@H](CN2CCC(O)CC2)[C@H](C(C)C)C[C@@H]1Cc1nnc(-c2ccc(C)cc2)o1. The molecule has 1 fully saturated rings. The Balaban J connectivity index is 1.44. The summed E-state index contributed by atoms with van der Waals surface area (Å²) < 4.78 is 6.03. The first-order valence-corrected chi connectivity index (χ1v) is 11.9. The van der Waals surface area contributed by atoms with E-state index in [-0.39, 0.29) is 6.10 Å².